The van der Waals surface area contributed by atoms with Gasteiger partial charge in [0.1, 0.15) is 5.76 Å². The van der Waals surface area contributed by atoms with Crippen LogP contribution in [0.5, 0.6) is 0 Å². The maximum atomic E-state index is 12.3. The molecule has 5 nitrogen and oxygen atoms in total. The van der Waals surface area contributed by atoms with E-state index in [1.807, 2.05) is 17.9 Å². The number of amides is 1. The van der Waals surface area contributed by atoms with E-state index >= 15 is 0 Å². The first kappa shape index (κ1) is 13.6. The monoisotopic (exact) mass is 277 g/mol. The van der Waals surface area contributed by atoms with Crippen LogP contribution in [0.3, 0.4) is 0 Å². The van der Waals surface area contributed by atoms with Crippen LogP contribution in [0.25, 0.3) is 0 Å². The van der Waals surface area contributed by atoms with E-state index in [0.717, 1.165) is 44.1 Å². The number of hydrogen-bond donors (Lipinski definition) is 0. The summed E-state index contributed by atoms with van der Waals surface area (Å²) < 4.78 is 5.02. The SMILES string of the molecule is Cc1cc(CC(=O)N2CCC3(CCN(C)CC3)C2)no1. The Balaban J connectivity index is 1.58. The molecule has 0 radical (unpaired) electrons. The third kappa shape index (κ3) is 2.73. The highest BCUT2D eigenvalue weighted by molar-refractivity contribution is 5.78. The molecule has 20 heavy (non-hydrogen) atoms. The van der Waals surface area contributed by atoms with Gasteiger partial charge >= 0.3 is 0 Å². The van der Waals surface area contributed by atoms with E-state index in [4.69, 9.17) is 4.52 Å². The lowest BCUT2D eigenvalue weighted by Crippen LogP contribution is -2.40. The van der Waals surface area contributed by atoms with Crippen molar-refractivity contribution in [3.05, 3.63) is 17.5 Å². The van der Waals surface area contributed by atoms with Gasteiger partial charge < -0.3 is 14.3 Å². The summed E-state index contributed by atoms with van der Waals surface area (Å²) in [5.41, 5.74) is 1.12. The molecule has 0 N–H and O–H groups in total. The molecular weight excluding hydrogens is 254 g/mol. The van der Waals surface area contributed by atoms with Crippen molar-refractivity contribution in [3.8, 4) is 0 Å². The molecule has 110 valence electrons. The number of hydrogen-bond acceptors (Lipinski definition) is 4. The van der Waals surface area contributed by atoms with Crippen LogP contribution in [-0.4, -0.2) is 54.1 Å². The Labute approximate surface area is 119 Å². The third-order valence-corrected chi connectivity index (χ3v) is 4.85. The van der Waals surface area contributed by atoms with Crippen LogP contribution < -0.4 is 0 Å². The number of aromatic nitrogens is 1. The number of aryl methyl sites for hydroxylation is 1. The predicted molar refractivity (Wildman–Crippen MR) is 75.3 cm³/mol. The van der Waals surface area contributed by atoms with E-state index in [1.165, 1.54) is 12.8 Å². The first-order chi connectivity index (χ1) is 9.56. The first-order valence-corrected chi connectivity index (χ1v) is 7.45. The second-order valence-electron chi connectivity index (χ2n) is 6.47. The molecule has 0 bridgehead atoms. The molecule has 0 aliphatic carbocycles. The van der Waals surface area contributed by atoms with Crippen molar-refractivity contribution in [2.45, 2.75) is 32.6 Å². The van der Waals surface area contributed by atoms with Crippen molar-refractivity contribution in [2.24, 2.45) is 5.41 Å². The van der Waals surface area contributed by atoms with E-state index < -0.39 is 0 Å². The molecule has 0 atom stereocenters. The van der Waals surface area contributed by atoms with Gasteiger partial charge in [-0.2, -0.15) is 0 Å². The standard InChI is InChI=1S/C15H23N3O2/c1-12-9-13(16-20-12)10-14(19)18-8-5-15(11-18)3-6-17(2)7-4-15/h9H,3-8,10-11H2,1-2H3. The molecule has 1 aromatic heterocycles. The van der Waals surface area contributed by atoms with Crippen LogP contribution in [0.15, 0.2) is 10.6 Å². The van der Waals surface area contributed by atoms with Crippen molar-refractivity contribution in [1.82, 2.24) is 15.0 Å². The summed E-state index contributed by atoms with van der Waals surface area (Å²) in [5, 5.41) is 3.91. The largest absolute Gasteiger partial charge is 0.361 e. The maximum absolute atomic E-state index is 12.3. The van der Waals surface area contributed by atoms with Crippen LogP contribution in [0.4, 0.5) is 0 Å². The fraction of sp³-hybridized carbons (Fsp3) is 0.733. The minimum absolute atomic E-state index is 0.189. The Bertz CT molecular complexity index is 489. The zero-order chi connectivity index (χ0) is 14.2. The van der Waals surface area contributed by atoms with Crippen molar-refractivity contribution < 1.29 is 9.32 Å². The van der Waals surface area contributed by atoms with Gasteiger partial charge in [-0.3, -0.25) is 4.79 Å². The molecule has 0 unspecified atom stereocenters. The highest BCUT2D eigenvalue weighted by Gasteiger charge is 2.41. The quantitative estimate of drug-likeness (QED) is 0.821. The van der Waals surface area contributed by atoms with Crippen LogP contribution in [0.1, 0.15) is 30.7 Å². The third-order valence-electron chi connectivity index (χ3n) is 4.85. The minimum Gasteiger partial charge on any atom is -0.361 e. The average molecular weight is 277 g/mol. The molecule has 3 rings (SSSR count). The Morgan fingerprint density at radius 3 is 2.70 bits per heavy atom. The molecule has 2 aliphatic heterocycles. The summed E-state index contributed by atoms with van der Waals surface area (Å²) in [6.07, 6.45) is 3.96. The van der Waals surface area contributed by atoms with Gasteiger partial charge in [0.15, 0.2) is 0 Å². The number of carbonyl (C=O) groups excluding carboxylic acids is 1. The minimum atomic E-state index is 0.189. The van der Waals surface area contributed by atoms with Crippen molar-refractivity contribution >= 4 is 5.91 Å². The number of nitrogens with zero attached hydrogens (tertiary/aromatic N) is 3. The zero-order valence-electron chi connectivity index (χ0n) is 12.4. The van der Waals surface area contributed by atoms with Crippen molar-refractivity contribution in [1.29, 1.82) is 0 Å². The number of rotatable bonds is 2. The van der Waals surface area contributed by atoms with Gasteiger partial charge in [-0.05, 0) is 51.7 Å². The lowest BCUT2D eigenvalue weighted by molar-refractivity contribution is -0.130. The summed E-state index contributed by atoms with van der Waals surface area (Å²) in [6, 6.07) is 1.85. The van der Waals surface area contributed by atoms with Gasteiger partial charge in [-0.15, -0.1) is 0 Å². The van der Waals surface area contributed by atoms with Gasteiger partial charge in [0.25, 0.3) is 0 Å². The second kappa shape index (κ2) is 5.20. The van der Waals surface area contributed by atoms with Crippen LogP contribution in [0, 0.1) is 12.3 Å². The Morgan fingerprint density at radius 1 is 1.35 bits per heavy atom. The van der Waals surface area contributed by atoms with E-state index in [1.54, 1.807) is 0 Å². The smallest absolute Gasteiger partial charge is 0.228 e. The van der Waals surface area contributed by atoms with Crippen molar-refractivity contribution in [3.63, 3.8) is 0 Å². The predicted octanol–water partition coefficient (Wildman–Crippen LogP) is 1.47. The van der Waals surface area contributed by atoms with Gasteiger partial charge in [-0.25, -0.2) is 0 Å². The fourth-order valence-corrected chi connectivity index (χ4v) is 3.42. The zero-order valence-corrected chi connectivity index (χ0v) is 12.4. The van der Waals surface area contributed by atoms with E-state index in [-0.39, 0.29) is 5.91 Å². The van der Waals surface area contributed by atoms with Gasteiger partial charge in [0.05, 0.1) is 12.1 Å². The van der Waals surface area contributed by atoms with Crippen LogP contribution in [0.2, 0.25) is 0 Å². The van der Waals surface area contributed by atoms with E-state index in [9.17, 15) is 4.79 Å². The Kier molecular flexibility index (Phi) is 3.54. The molecule has 1 spiro atoms. The molecule has 5 heteroatoms. The lowest BCUT2D eigenvalue weighted by Gasteiger charge is -2.37. The summed E-state index contributed by atoms with van der Waals surface area (Å²) in [7, 11) is 2.18. The van der Waals surface area contributed by atoms with Crippen molar-refractivity contribution in [2.75, 3.05) is 33.2 Å². The number of carbonyl (C=O) groups is 1. The Hall–Kier alpha value is -1.36. The summed E-state index contributed by atoms with van der Waals surface area (Å²) in [4.78, 5) is 16.8. The molecule has 0 saturated carbocycles. The summed E-state index contributed by atoms with van der Waals surface area (Å²) >= 11 is 0. The Morgan fingerprint density at radius 2 is 2.05 bits per heavy atom. The van der Waals surface area contributed by atoms with Gasteiger partial charge in [-0.1, -0.05) is 5.16 Å². The highest BCUT2D eigenvalue weighted by Crippen LogP contribution is 2.40. The van der Waals surface area contributed by atoms with E-state index in [0.29, 0.717) is 11.8 Å². The second-order valence-corrected chi connectivity index (χ2v) is 6.47. The highest BCUT2D eigenvalue weighted by atomic mass is 16.5. The molecule has 2 aliphatic rings. The topological polar surface area (TPSA) is 49.6 Å². The van der Waals surface area contributed by atoms with Crippen LogP contribution >= 0.6 is 0 Å². The van der Waals surface area contributed by atoms with Gasteiger partial charge in [0.2, 0.25) is 5.91 Å². The molecule has 1 aromatic rings. The molecule has 0 aromatic carbocycles. The van der Waals surface area contributed by atoms with Gasteiger partial charge in [0, 0.05) is 19.2 Å². The maximum Gasteiger partial charge on any atom is 0.228 e. The first-order valence-electron chi connectivity index (χ1n) is 7.45. The molecule has 1 amide bonds. The molecular formula is C15H23N3O2. The molecule has 2 fully saturated rings. The molecule has 3 heterocycles. The lowest BCUT2D eigenvalue weighted by atomic mass is 9.78. The summed E-state index contributed by atoms with van der Waals surface area (Å²) in [6.45, 7) is 6.00. The van der Waals surface area contributed by atoms with E-state index in [2.05, 4.69) is 17.1 Å². The normalized spacial score (nSPS) is 22.6. The molecule has 2 saturated heterocycles. The van der Waals surface area contributed by atoms with Crippen LogP contribution in [-0.2, 0) is 11.2 Å². The average Bonchev–Trinajstić information content (AvgIpc) is 3.01. The number of piperidine rings is 1. The fourth-order valence-electron chi connectivity index (χ4n) is 3.42. The number of likely N-dealkylation sites (tertiary alicyclic amines) is 2. The summed E-state index contributed by atoms with van der Waals surface area (Å²) in [5.74, 6) is 0.954.